The summed E-state index contributed by atoms with van der Waals surface area (Å²) in [5.41, 5.74) is 3.06. The predicted molar refractivity (Wildman–Crippen MR) is 73.2 cm³/mol. The van der Waals surface area contributed by atoms with Crippen LogP contribution in [0.4, 0.5) is 0 Å². The van der Waals surface area contributed by atoms with E-state index in [0.717, 1.165) is 24.9 Å². The van der Waals surface area contributed by atoms with E-state index < -0.39 is 0 Å². The van der Waals surface area contributed by atoms with Crippen LogP contribution < -0.4 is 10.6 Å². The van der Waals surface area contributed by atoms with Crippen molar-refractivity contribution in [3.05, 3.63) is 16.6 Å². The van der Waals surface area contributed by atoms with E-state index in [-0.39, 0.29) is 0 Å². The Kier molecular flexibility index (Phi) is 5.42. The zero-order chi connectivity index (χ0) is 11.9. The van der Waals surface area contributed by atoms with Gasteiger partial charge in [0.2, 0.25) is 0 Å². The van der Waals surface area contributed by atoms with Gasteiger partial charge in [-0.15, -0.1) is 11.3 Å². The fraction of sp³-hybridized carbons (Fsp3) is 0.769. The van der Waals surface area contributed by atoms with Crippen LogP contribution >= 0.6 is 11.3 Å². The van der Waals surface area contributed by atoms with Gasteiger partial charge in [-0.05, 0) is 50.7 Å². The highest BCUT2D eigenvalue weighted by atomic mass is 32.1. The third-order valence-corrected chi connectivity index (χ3v) is 4.34. The molecule has 3 nitrogen and oxygen atoms in total. The first-order chi connectivity index (χ1) is 8.36. The van der Waals surface area contributed by atoms with Crippen molar-refractivity contribution in [2.24, 2.45) is 11.8 Å². The maximum atomic E-state index is 4.27. The molecular weight excluding hydrogens is 230 g/mol. The van der Waals surface area contributed by atoms with Crippen molar-refractivity contribution < 1.29 is 0 Å². The van der Waals surface area contributed by atoms with Crippen molar-refractivity contribution in [3.8, 4) is 0 Å². The lowest BCUT2D eigenvalue weighted by Gasteiger charge is -2.28. The molecule has 1 fully saturated rings. The van der Waals surface area contributed by atoms with E-state index in [1.807, 2.05) is 5.51 Å². The standard InChI is InChI=1S/C13H23N3S/c1-11(12-3-2-5-14-7-12)4-6-15-8-13-9-17-10-16-13/h9-12,14-15H,2-8H2,1H3. The number of piperidine rings is 1. The lowest BCUT2D eigenvalue weighted by atomic mass is 9.85. The molecule has 0 saturated carbocycles. The minimum absolute atomic E-state index is 0.825. The average molecular weight is 253 g/mol. The second kappa shape index (κ2) is 7.09. The molecule has 1 aromatic heterocycles. The number of hydrogen-bond acceptors (Lipinski definition) is 4. The minimum atomic E-state index is 0.825. The van der Waals surface area contributed by atoms with Gasteiger partial charge in [-0.3, -0.25) is 0 Å². The van der Waals surface area contributed by atoms with E-state index in [0.29, 0.717) is 0 Å². The Balaban J connectivity index is 1.57. The van der Waals surface area contributed by atoms with Gasteiger partial charge in [0.25, 0.3) is 0 Å². The molecule has 1 aliphatic rings. The van der Waals surface area contributed by atoms with Gasteiger partial charge in [-0.25, -0.2) is 4.98 Å². The van der Waals surface area contributed by atoms with Crippen molar-refractivity contribution >= 4 is 11.3 Å². The van der Waals surface area contributed by atoms with Crippen LogP contribution in [0.2, 0.25) is 0 Å². The molecule has 0 aliphatic carbocycles. The normalized spacial score (nSPS) is 22.5. The lowest BCUT2D eigenvalue weighted by Crippen LogP contribution is -2.34. The average Bonchev–Trinajstić information content (AvgIpc) is 2.88. The summed E-state index contributed by atoms with van der Waals surface area (Å²) in [5.74, 6) is 1.70. The van der Waals surface area contributed by atoms with Gasteiger partial charge in [-0.1, -0.05) is 6.92 Å². The highest BCUT2D eigenvalue weighted by molar-refractivity contribution is 7.07. The van der Waals surface area contributed by atoms with Crippen LogP contribution in [0, 0.1) is 11.8 Å². The zero-order valence-corrected chi connectivity index (χ0v) is 11.4. The Morgan fingerprint density at radius 3 is 3.29 bits per heavy atom. The van der Waals surface area contributed by atoms with Crippen molar-refractivity contribution in [2.75, 3.05) is 19.6 Å². The van der Waals surface area contributed by atoms with Crippen LogP contribution in [0.3, 0.4) is 0 Å². The van der Waals surface area contributed by atoms with Crippen LogP contribution in [-0.2, 0) is 6.54 Å². The molecule has 96 valence electrons. The predicted octanol–water partition coefficient (Wildman–Crippen LogP) is 2.26. The monoisotopic (exact) mass is 253 g/mol. The molecule has 2 N–H and O–H groups in total. The molecule has 1 aromatic rings. The highest BCUT2D eigenvalue weighted by Gasteiger charge is 2.19. The van der Waals surface area contributed by atoms with E-state index in [1.165, 1.54) is 38.0 Å². The van der Waals surface area contributed by atoms with E-state index in [9.17, 15) is 0 Å². The molecular formula is C13H23N3S. The summed E-state index contributed by atoms with van der Waals surface area (Å²) in [6, 6.07) is 0. The number of hydrogen-bond donors (Lipinski definition) is 2. The third-order valence-electron chi connectivity index (χ3n) is 3.71. The van der Waals surface area contributed by atoms with E-state index in [2.05, 4.69) is 27.9 Å². The van der Waals surface area contributed by atoms with Gasteiger partial charge in [0.05, 0.1) is 11.2 Å². The quantitative estimate of drug-likeness (QED) is 0.764. The molecule has 2 unspecified atom stereocenters. The molecule has 1 saturated heterocycles. The third kappa shape index (κ3) is 4.37. The SMILES string of the molecule is CC(CCNCc1cscn1)C1CCCNC1. The number of nitrogens with zero attached hydrogens (tertiary/aromatic N) is 1. The van der Waals surface area contributed by atoms with Gasteiger partial charge < -0.3 is 10.6 Å². The molecule has 1 aliphatic heterocycles. The summed E-state index contributed by atoms with van der Waals surface area (Å²) >= 11 is 1.67. The Bertz CT molecular complexity index is 294. The second-order valence-corrected chi connectivity index (χ2v) is 5.75. The first-order valence-electron chi connectivity index (χ1n) is 6.65. The van der Waals surface area contributed by atoms with Crippen LogP contribution in [0.5, 0.6) is 0 Å². The largest absolute Gasteiger partial charge is 0.316 e. The van der Waals surface area contributed by atoms with Gasteiger partial charge in [0, 0.05) is 11.9 Å². The van der Waals surface area contributed by atoms with Gasteiger partial charge in [0.15, 0.2) is 0 Å². The van der Waals surface area contributed by atoms with Crippen LogP contribution in [0.25, 0.3) is 0 Å². The number of aromatic nitrogens is 1. The number of nitrogens with one attached hydrogen (secondary N) is 2. The topological polar surface area (TPSA) is 37.0 Å². The first-order valence-corrected chi connectivity index (χ1v) is 7.59. The van der Waals surface area contributed by atoms with E-state index in [4.69, 9.17) is 0 Å². The summed E-state index contributed by atoms with van der Waals surface area (Å²) < 4.78 is 0. The van der Waals surface area contributed by atoms with Crippen LogP contribution in [0.15, 0.2) is 10.9 Å². The van der Waals surface area contributed by atoms with Crippen molar-refractivity contribution in [1.29, 1.82) is 0 Å². The van der Waals surface area contributed by atoms with Crippen LogP contribution in [-0.4, -0.2) is 24.6 Å². The summed E-state index contributed by atoms with van der Waals surface area (Å²) in [6.07, 6.45) is 4.03. The Morgan fingerprint density at radius 1 is 1.65 bits per heavy atom. The van der Waals surface area contributed by atoms with Gasteiger partial charge in [-0.2, -0.15) is 0 Å². The maximum absolute atomic E-state index is 4.27. The lowest BCUT2D eigenvalue weighted by molar-refractivity contribution is 0.266. The van der Waals surface area contributed by atoms with Crippen molar-refractivity contribution in [2.45, 2.75) is 32.7 Å². The summed E-state index contributed by atoms with van der Waals surface area (Å²) in [7, 11) is 0. The number of rotatable bonds is 6. The first kappa shape index (κ1) is 13.0. The fourth-order valence-corrected chi connectivity index (χ4v) is 3.03. The molecule has 0 aromatic carbocycles. The van der Waals surface area contributed by atoms with E-state index in [1.54, 1.807) is 11.3 Å². The molecule has 0 amide bonds. The van der Waals surface area contributed by atoms with Crippen LogP contribution in [0.1, 0.15) is 31.9 Å². The summed E-state index contributed by atoms with van der Waals surface area (Å²) in [4.78, 5) is 4.27. The highest BCUT2D eigenvalue weighted by Crippen LogP contribution is 2.21. The zero-order valence-electron chi connectivity index (χ0n) is 10.6. The molecule has 2 atom stereocenters. The Morgan fingerprint density at radius 2 is 2.59 bits per heavy atom. The van der Waals surface area contributed by atoms with Crippen molar-refractivity contribution in [1.82, 2.24) is 15.6 Å². The molecule has 4 heteroatoms. The molecule has 17 heavy (non-hydrogen) atoms. The minimum Gasteiger partial charge on any atom is -0.316 e. The fourth-order valence-electron chi connectivity index (χ4n) is 2.47. The number of thiazole rings is 1. The summed E-state index contributed by atoms with van der Waals surface area (Å²) in [5, 5.41) is 9.09. The smallest absolute Gasteiger partial charge is 0.0795 e. The van der Waals surface area contributed by atoms with Crippen molar-refractivity contribution in [3.63, 3.8) is 0 Å². The van der Waals surface area contributed by atoms with E-state index >= 15 is 0 Å². The van der Waals surface area contributed by atoms with Gasteiger partial charge >= 0.3 is 0 Å². The Labute approximate surface area is 108 Å². The summed E-state index contributed by atoms with van der Waals surface area (Å²) in [6.45, 7) is 6.84. The Hall–Kier alpha value is -0.450. The maximum Gasteiger partial charge on any atom is 0.0795 e. The van der Waals surface area contributed by atoms with Gasteiger partial charge in [0.1, 0.15) is 0 Å². The second-order valence-electron chi connectivity index (χ2n) is 5.03. The molecule has 2 heterocycles. The molecule has 0 radical (unpaired) electrons. The molecule has 0 spiro atoms. The molecule has 0 bridgehead atoms. The molecule has 2 rings (SSSR count).